The maximum atomic E-state index is 13.5. The molecule has 1 fully saturated rings. The van der Waals surface area contributed by atoms with E-state index >= 15 is 0 Å². The molecule has 0 heterocycles. The smallest absolute Gasteiger partial charge is 0.225 e. The molecule has 0 spiro atoms. The van der Waals surface area contributed by atoms with Crippen molar-refractivity contribution in [2.75, 3.05) is 24.1 Å². The lowest BCUT2D eigenvalue weighted by molar-refractivity contribution is -0.116. The van der Waals surface area contributed by atoms with Gasteiger partial charge in [0.1, 0.15) is 5.82 Å². The Morgan fingerprint density at radius 3 is 2.90 bits per heavy atom. The highest BCUT2D eigenvalue weighted by Crippen LogP contribution is 2.27. The van der Waals surface area contributed by atoms with Gasteiger partial charge in [0, 0.05) is 37.7 Å². The summed E-state index contributed by atoms with van der Waals surface area (Å²) >= 11 is 0. The van der Waals surface area contributed by atoms with E-state index in [4.69, 9.17) is 11.0 Å². The van der Waals surface area contributed by atoms with Gasteiger partial charge in [-0.3, -0.25) is 9.69 Å². The summed E-state index contributed by atoms with van der Waals surface area (Å²) in [6.45, 7) is 1.27. The van der Waals surface area contributed by atoms with Crippen LogP contribution in [0.25, 0.3) is 0 Å². The molecule has 1 aromatic rings. The van der Waals surface area contributed by atoms with Crippen LogP contribution in [0.3, 0.4) is 0 Å². The van der Waals surface area contributed by atoms with Gasteiger partial charge in [-0.05, 0) is 31.0 Å². The van der Waals surface area contributed by atoms with Gasteiger partial charge >= 0.3 is 0 Å². The van der Waals surface area contributed by atoms with Gasteiger partial charge in [-0.15, -0.1) is 0 Å². The summed E-state index contributed by atoms with van der Waals surface area (Å²) in [4.78, 5) is 14.0. The highest BCUT2D eigenvalue weighted by molar-refractivity contribution is 5.91. The van der Waals surface area contributed by atoms with E-state index in [0.29, 0.717) is 31.2 Å². The van der Waals surface area contributed by atoms with Crippen molar-refractivity contribution < 1.29 is 9.18 Å². The molecule has 6 heteroatoms. The third-order valence-corrected chi connectivity index (χ3v) is 3.46. The summed E-state index contributed by atoms with van der Waals surface area (Å²) in [6.07, 6.45) is 2.98. The van der Waals surface area contributed by atoms with E-state index in [-0.39, 0.29) is 18.0 Å². The number of halogens is 1. The van der Waals surface area contributed by atoms with E-state index in [9.17, 15) is 9.18 Å². The molecule has 0 unspecified atom stereocenters. The van der Waals surface area contributed by atoms with E-state index < -0.39 is 5.82 Å². The molecule has 1 aliphatic rings. The van der Waals surface area contributed by atoms with Crippen LogP contribution in [-0.2, 0) is 4.79 Å². The van der Waals surface area contributed by atoms with Gasteiger partial charge in [-0.2, -0.15) is 5.26 Å². The number of rotatable bonds is 7. The molecular formula is C15H19FN4O. The maximum absolute atomic E-state index is 13.5. The zero-order valence-electron chi connectivity index (χ0n) is 11.8. The van der Waals surface area contributed by atoms with Crippen LogP contribution in [0, 0.1) is 17.1 Å². The first-order chi connectivity index (χ1) is 10.1. The monoisotopic (exact) mass is 290 g/mol. The van der Waals surface area contributed by atoms with E-state index in [2.05, 4.69) is 16.3 Å². The molecule has 0 aromatic heterocycles. The van der Waals surface area contributed by atoms with Crippen LogP contribution in [-0.4, -0.2) is 29.9 Å². The number of carbonyl (C=O) groups is 1. The lowest BCUT2D eigenvalue weighted by Crippen LogP contribution is -2.30. The second-order valence-corrected chi connectivity index (χ2v) is 5.21. The molecule has 0 aliphatic heterocycles. The fourth-order valence-electron chi connectivity index (χ4n) is 2.21. The van der Waals surface area contributed by atoms with Crippen molar-refractivity contribution in [2.45, 2.75) is 31.7 Å². The summed E-state index contributed by atoms with van der Waals surface area (Å²) < 4.78 is 13.5. The van der Waals surface area contributed by atoms with Gasteiger partial charge in [-0.25, -0.2) is 4.39 Å². The minimum absolute atomic E-state index is 0.106. The first-order valence-electron chi connectivity index (χ1n) is 7.06. The van der Waals surface area contributed by atoms with Crippen LogP contribution in [0.2, 0.25) is 0 Å². The lowest BCUT2D eigenvalue weighted by atomic mass is 10.2. The molecule has 5 nitrogen and oxygen atoms in total. The van der Waals surface area contributed by atoms with E-state index in [0.717, 1.165) is 12.8 Å². The summed E-state index contributed by atoms with van der Waals surface area (Å²) in [7, 11) is 0. The Morgan fingerprint density at radius 2 is 2.24 bits per heavy atom. The highest BCUT2D eigenvalue weighted by Gasteiger charge is 2.28. The number of nitriles is 1. The molecule has 2 rings (SSSR count). The number of nitrogens with two attached hydrogens (primary N) is 1. The number of nitrogen functional groups attached to an aromatic ring is 1. The first-order valence-corrected chi connectivity index (χ1v) is 7.06. The SMILES string of the molecule is N#CCCN(CCC(=O)Nc1cc(N)ccc1F)C1CC1. The minimum atomic E-state index is -0.499. The molecule has 1 aliphatic carbocycles. The summed E-state index contributed by atoms with van der Waals surface area (Å²) in [5.74, 6) is -0.747. The average molecular weight is 290 g/mol. The third kappa shape index (κ3) is 4.72. The van der Waals surface area contributed by atoms with Crippen LogP contribution in [0.15, 0.2) is 18.2 Å². The Labute approximate surface area is 123 Å². The van der Waals surface area contributed by atoms with Crippen LogP contribution >= 0.6 is 0 Å². The second kappa shape index (κ2) is 7.04. The number of hydrogen-bond acceptors (Lipinski definition) is 4. The van der Waals surface area contributed by atoms with Crippen molar-refractivity contribution in [1.82, 2.24) is 4.90 Å². The minimum Gasteiger partial charge on any atom is -0.399 e. The number of benzene rings is 1. The predicted octanol–water partition coefficient (Wildman–Crippen LogP) is 2.11. The fraction of sp³-hybridized carbons (Fsp3) is 0.467. The predicted molar refractivity (Wildman–Crippen MR) is 78.9 cm³/mol. The Balaban J connectivity index is 1.83. The molecule has 0 radical (unpaired) electrons. The highest BCUT2D eigenvalue weighted by atomic mass is 19.1. The Morgan fingerprint density at radius 1 is 1.48 bits per heavy atom. The van der Waals surface area contributed by atoms with Crippen molar-refractivity contribution in [3.63, 3.8) is 0 Å². The molecule has 0 saturated heterocycles. The Hall–Kier alpha value is -2.13. The summed E-state index contributed by atoms with van der Waals surface area (Å²) in [6, 6.07) is 6.69. The average Bonchev–Trinajstić information content (AvgIpc) is 3.27. The standard InChI is InChI=1S/C15H19FN4O/c16-13-5-2-11(18)10-14(13)19-15(21)6-9-20(8-1-7-17)12-3-4-12/h2,5,10,12H,1,3-4,6,8-9,18H2,(H,19,21). The molecular weight excluding hydrogens is 271 g/mol. The molecule has 112 valence electrons. The molecule has 0 atom stereocenters. The number of amides is 1. The molecule has 21 heavy (non-hydrogen) atoms. The van der Waals surface area contributed by atoms with Gasteiger partial charge in [0.2, 0.25) is 5.91 Å². The van der Waals surface area contributed by atoms with Crippen LogP contribution in [0.5, 0.6) is 0 Å². The quantitative estimate of drug-likeness (QED) is 0.754. The van der Waals surface area contributed by atoms with E-state index in [1.54, 1.807) is 0 Å². The normalized spacial score (nSPS) is 14.0. The maximum Gasteiger partial charge on any atom is 0.225 e. The van der Waals surface area contributed by atoms with Crippen LogP contribution in [0.1, 0.15) is 25.7 Å². The van der Waals surface area contributed by atoms with Crippen molar-refractivity contribution in [3.8, 4) is 6.07 Å². The van der Waals surface area contributed by atoms with Gasteiger partial charge in [-0.1, -0.05) is 0 Å². The second-order valence-electron chi connectivity index (χ2n) is 5.21. The topological polar surface area (TPSA) is 82.2 Å². The Kier molecular flexibility index (Phi) is 5.12. The summed E-state index contributed by atoms with van der Waals surface area (Å²) in [5, 5.41) is 11.2. The summed E-state index contributed by atoms with van der Waals surface area (Å²) in [5.41, 5.74) is 6.08. The number of carbonyl (C=O) groups excluding carboxylic acids is 1. The number of nitrogens with zero attached hydrogens (tertiary/aromatic N) is 2. The third-order valence-electron chi connectivity index (χ3n) is 3.46. The molecule has 0 bridgehead atoms. The van der Waals surface area contributed by atoms with Gasteiger partial charge in [0.05, 0.1) is 11.8 Å². The molecule has 1 aromatic carbocycles. The number of hydrogen-bond donors (Lipinski definition) is 2. The van der Waals surface area contributed by atoms with Gasteiger partial charge < -0.3 is 11.1 Å². The zero-order valence-corrected chi connectivity index (χ0v) is 11.8. The van der Waals surface area contributed by atoms with E-state index in [1.807, 2.05) is 0 Å². The molecule has 1 amide bonds. The first kappa shape index (κ1) is 15.3. The zero-order chi connectivity index (χ0) is 15.2. The van der Waals surface area contributed by atoms with Crippen molar-refractivity contribution >= 4 is 17.3 Å². The lowest BCUT2D eigenvalue weighted by Gasteiger charge is -2.20. The van der Waals surface area contributed by atoms with Gasteiger partial charge in [0.25, 0.3) is 0 Å². The fourth-order valence-corrected chi connectivity index (χ4v) is 2.21. The van der Waals surface area contributed by atoms with Crippen molar-refractivity contribution in [3.05, 3.63) is 24.0 Å². The number of nitrogens with one attached hydrogen (secondary N) is 1. The molecule has 1 saturated carbocycles. The Bertz CT molecular complexity index is 551. The number of anilines is 2. The van der Waals surface area contributed by atoms with Crippen LogP contribution in [0.4, 0.5) is 15.8 Å². The molecule has 3 N–H and O–H groups in total. The van der Waals surface area contributed by atoms with E-state index in [1.165, 1.54) is 18.2 Å². The van der Waals surface area contributed by atoms with Gasteiger partial charge in [0.15, 0.2) is 0 Å². The van der Waals surface area contributed by atoms with Crippen molar-refractivity contribution in [1.29, 1.82) is 5.26 Å². The largest absolute Gasteiger partial charge is 0.399 e. The van der Waals surface area contributed by atoms with Crippen LogP contribution < -0.4 is 11.1 Å². The van der Waals surface area contributed by atoms with Crippen molar-refractivity contribution in [2.24, 2.45) is 0 Å².